The van der Waals surface area contributed by atoms with Gasteiger partial charge in [0, 0.05) is 12.0 Å². The molecule has 1 N–H and O–H groups in total. The molecule has 0 saturated heterocycles. The Morgan fingerprint density at radius 2 is 1.78 bits per heavy atom. The molecule has 1 aliphatic rings. The van der Waals surface area contributed by atoms with Crippen molar-refractivity contribution in [3.63, 3.8) is 0 Å². The van der Waals surface area contributed by atoms with Gasteiger partial charge in [0.1, 0.15) is 0 Å². The number of carbonyl (C=O) groups is 2. The molecule has 168 valence electrons. The normalized spacial score (nSPS) is 20.2. The van der Waals surface area contributed by atoms with Gasteiger partial charge in [-0.1, -0.05) is 92.3 Å². The molecule has 3 heteroatoms. The van der Waals surface area contributed by atoms with Crippen molar-refractivity contribution >= 4 is 17.8 Å². The van der Waals surface area contributed by atoms with Gasteiger partial charge < -0.3 is 5.11 Å². The number of hydrogen-bond acceptors (Lipinski definition) is 2. The van der Waals surface area contributed by atoms with Crippen molar-refractivity contribution in [2.75, 3.05) is 0 Å². The van der Waals surface area contributed by atoms with Gasteiger partial charge in [0.15, 0.2) is 5.78 Å². The average Bonchev–Trinajstić information content (AvgIpc) is 2.71. The van der Waals surface area contributed by atoms with Crippen molar-refractivity contribution in [3.05, 3.63) is 101 Å². The van der Waals surface area contributed by atoms with Crippen molar-refractivity contribution < 1.29 is 14.7 Å². The summed E-state index contributed by atoms with van der Waals surface area (Å²) in [6.45, 7) is 10.1. The molecule has 0 amide bonds. The lowest BCUT2D eigenvalue weighted by Crippen LogP contribution is -2.32. The van der Waals surface area contributed by atoms with Gasteiger partial charge in [0.2, 0.25) is 0 Å². The number of Topliss-reactive ketones (excluding diaryl/α,β-unsaturated/α-hetero) is 1. The van der Waals surface area contributed by atoms with E-state index in [2.05, 4.69) is 44.2 Å². The maximum atomic E-state index is 13.0. The first-order valence-electron chi connectivity index (χ1n) is 11.0. The maximum Gasteiger partial charge on any atom is 0.328 e. The molecule has 2 rings (SSSR count). The lowest BCUT2D eigenvalue weighted by Gasteiger charge is -2.36. The predicted molar refractivity (Wildman–Crippen MR) is 133 cm³/mol. The van der Waals surface area contributed by atoms with Crippen molar-refractivity contribution in [2.45, 2.75) is 47.5 Å². The van der Waals surface area contributed by atoms with E-state index < -0.39 is 5.97 Å². The van der Waals surface area contributed by atoms with Crippen LogP contribution in [0.4, 0.5) is 0 Å². The van der Waals surface area contributed by atoms with E-state index in [-0.39, 0.29) is 17.1 Å². The first-order chi connectivity index (χ1) is 15.1. The Balaban J connectivity index is 2.12. The molecule has 0 spiro atoms. The van der Waals surface area contributed by atoms with Crippen LogP contribution >= 0.6 is 0 Å². The highest BCUT2D eigenvalue weighted by Gasteiger charge is 2.36. The number of ketones is 1. The Labute approximate surface area is 192 Å². The summed E-state index contributed by atoms with van der Waals surface area (Å²) in [7, 11) is 0. The van der Waals surface area contributed by atoms with E-state index in [0.29, 0.717) is 5.57 Å². The standard InChI is InChI=1S/C29H34O3/c1-21(11-9-12-22(2)19-27(30)31)17-18-26-23(3)28(32)25(20-29(26,4)5)16-10-15-24-13-7-6-8-14-24/h6-15,17-19,25H,16,20H2,1-5H3,(H,30,31)/b12-9+,15-10+,18-17+,21-11+,22-19+. The molecule has 0 aliphatic heterocycles. The van der Waals surface area contributed by atoms with Crippen molar-refractivity contribution in [1.29, 1.82) is 0 Å². The summed E-state index contributed by atoms with van der Waals surface area (Å²) in [6, 6.07) is 10.1. The Hall–Kier alpha value is -3.20. The van der Waals surface area contributed by atoms with Crippen LogP contribution < -0.4 is 0 Å². The fraction of sp³-hybridized carbons (Fsp3) is 0.310. The highest BCUT2D eigenvalue weighted by Crippen LogP contribution is 2.43. The third-order valence-corrected chi connectivity index (χ3v) is 5.74. The summed E-state index contributed by atoms with van der Waals surface area (Å²) in [5, 5.41) is 8.76. The fourth-order valence-electron chi connectivity index (χ4n) is 4.10. The number of benzene rings is 1. The van der Waals surface area contributed by atoms with E-state index >= 15 is 0 Å². The minimum absolute atomic E-state index is 0.00526. The van der Waals surface area contributed by atoms with E-state index in [1.165, 1.54) is 6.08 Å². The van der Waals surface area contributed by atoms with Gasteiger partial charge in [-0.05, 0) is 61.3 Å². The number of carboxylic acid groups (broad SMARTS) is 1. The van der Waals surface area contributed by atoms with E-state index in [9.17, 15) is 9.59 Å². The molecule has 3 nitrogen and oxygen atoms in total. The first kappa shape index (κ1) is 25.1. The Morgan fingerprint density at radius 3 is 2.44 bits per heavy atom. The molecule has 1 atom stereocenters. The lowest BCUT2D eigenvalue weighted by molar-refractivity contribution is -0.131. The molecule has 1 aromatic carbocycles. The van der Waals surface area contributed by atoms with E-state index in [0.717, 1.165) is 35.1 Å². The topological polar surface area (TPSA) is 54.4 Å². The van der Waals surface area contributed by atoms with E-state index in [4.69, 9.17) is 5.11 Å². The zero-order valence-corrected chi connectivity index (χ0v) is 19.8. The summed E-state index contributed by atoms with van der Waals surface area (Å²) in [5.41, 5.74) is 4.70. The number of hydrogen-bond donors (Lipinski definition) is 1. The number of rotatable bonds is 8. The largest absolute Gasteiger partial charge is 0.478 e. The van der Waals surface area contributed by atoms with Crippen LogP contribution in [0.15, 0.2) is 95.2 Å². The highest BCUT2D eigenvalue weighted by atomic mass is 16.4. The van der Waals surface area contributed by atoms with Gasteiger partial charge in [-0.2, -0.15) is 0 Å². The molecular weight excluding hydrogens is 396 g/mol. The van der Waals surface area contributed by atoms with E-state index in [1.807, 2.05) is 50.3 Å². The summed E-state index contributed by atoms with van der Waals surface area (Å²) < 4.78 is 0. The van der Waals surface area contributed by atoms with Crippen LogP contribution in [0, 0.1) is 11.3 Å². The predicted octanol–water partition coefficient (Wildman–Crippen LogP) is 7.11. The fourth-order valence-corrected chi connectivity index (χ4v) is 4.10. The second-order valence-electron chi connectivity index (χ2n) is 9.07. The monoisotopic (exact) mass is 430 g/mol. The quantitative estimate of drug-likeness (QED) is 0.353. The number of allylic oxidation sites excluding steroid dienone is 10. The minimum atomic E-state index is -0.951. The van der Waals surface area contributed by atoms with Crippen LogP contribution in [-0.2, 0) is 9.59 Å². The van der Waals surface area contributed by atoms with Gasteiger partial charge in [-0.3, -0.25) is 4.79 Å². The van der Waals surface area contributed by atoms with Gasteiger partial charge in [0.05, 0.1) is 0 Å². The number of aliphatic carboxylic acids is 1. The van der Waals surface area contributed by atoms with Crippen LogP contribution in [0.3, 0.4) is 0 Å². The Morgan fingerprint density at radius 1 is 1.09 bits per heavy atom. The molecule has 1 aliphatic carbocycles. The number of carbonyl (C=O) groups excluding carboxylic acids is 1. The van der Waals surface area contributed by atoms with E-state index in [1.54, 1.807) is 13.0 Å². The minimum Gasteiger partial charge on any atom is -0.478 e. The van der Waals surface area contributed by atoms with Crippen LogP contribution in [0.25, 0.3) is 6.08 Å². The Bertz CT molecular complexity index is 1010. The SMILES string of the molecule is CC1=C(/C=C/C(C)=C/C=C/C(C)=C/C(=O)O)C(C)(C)CC(C/C=C/c2ccccc2)C1=O. The molecule has 1 aromatic rings. The molecular formula is C29H34O3. The maximum absolute atomic E-state index is 13.0. The smallest absolute Gasteiger partial charge is 0.328 e. The molecule has 1 unspecified atom stereocenters. The highest BCUT2D eigenvalue weighted by molar-refractivity contribution is 5.99. The molecule has 0 saturated carbocycles. The van der Waals surface area contributed by atoms with Crippen molar-refractivity contribution in [3.8, 4) is 0 Å². The van der Waals surface area contributed by atoms with Crippen LogP contribution in [0.1, 0.15) is 53.0 Å². The average molecular weight is 431 g/mol. The molecule has 0 aromatic heterocycles. The van der Waals surface area contributed by atoms with Gasteiger partial charge in [0.25, 0.3) is 0 Å². The van der Waals surface area contributed by atoms with Crippen LogP contribution in [0.5, 0.6) is 0 Å². The summed E-state index contributed by atoms with van der Waals surface area (Å²) in [6.07, 6.45) is 16.5. The molecule has 0 heterocycles. The molecule has 0 radical (unpaired) electrons. The summed E-state index contributed by atoms with van der Waals surface area (Å²) >= 11 is 0. The first-order valence-corrected chi connectivity index (χ1v) is 11.0. The van der Waals surface area contributed by atoms with Gasteiger partial charge in [-0.25, -0.2) is 4.79 Å². The third kappa shape index (κ3) is 7.49. The zero-order chi connectivity index (χ0) is 23.7. The summed E-state index contributed by atoms with van der Waals surface area (Å²) in [5.74, 6) is -0.712. The zero-order valence-electron chi connectivity index (χ0n) is 19.8. The Kier molecular flexibility index (Phi) is 8.95. The van der Waals surface area contributed by atoms with Crippen molar-refractivity contribution in [1.82, 2.24) is 0 Å². The molecule has 32 heavy (non-hydrogen) atoms. The molecule has 0 fully saturated rings. The summed E-state index contributed by atoms with van der Waals surface area (Å²) in [4.78, 5) is 23.7. The van der Waals surface area contributed by atoms with Gasteiger partial charge >= 0.3 is 5.97 Å². The molecule has 0 bridgehead atoms. The van der Waals surface area contributed by atoms with Crippen LogP contribution in [0.2, 0.25) is 0 Å². The van der Waals surface area contributed by atoms with Gasteiger partial charge in [-0.15, -0.1) is 0 Å². The van der Waals surface area contributed by atoms with Crippen molar-refractivity contribution in [2.24, 2.45) is 11.3 Å². The second-order valence-corrected chi connectivity index (χ2v) is 9.07. The number of carboxylic acids is 1. The third-order valence-electron chi connectivity index (χ3n) is 5.74. The lowest BCUT2D eigenvalue weighted by atomic mass is 9.67. The van der Waals surface area contributed by atoms with Crippen LogP contribution in [-0.4, -0.2) is 16.9 Å². The second kappa shape index (κ2) is 11.4.